The molecule has 0 aromatic rings. The van der Waals surface area contributed by atoms with E-state index in [-0.39, 0.29) is 5.54 Å². The van der Waals surface area contributed by atoms with Crippen molar-refractivity contribution in [2.45, 2.75) is 19.4 Å². The first-order chi connectivity index (χ1) is 5.31. The van der Waals surface area contributed by atoms with Gasteiger partial charge in [0.15, 0.2) is 0 Å². The van der Waals surface area contributed by atoms with Gasteiger partial charge < -0.3 is 15.5 Å². The van der Waals surface area contributed by atoms with E-state index in [1.165, 1.54) is 0 Å². The van der Waals surface area contributed by atoms with Crippen molar-refractivity contribution >= 4 is 0 Å². The Bertz CT molecular complexity index is 115. The van der Waals surface area contributed by atoms with Gasteiger partial charge in [-0.05, 0) is 35.0 Å². The highest BCUT2D eigenvalue weighted by atomic mass is 15.2. The second-order valence-corrected chi connectivity index (χ2v) is 4.53. The van der Waals surface area contributed by atoms with Gasteiger partial charge in [0, 0.05) is 25.2 Å². The maximum absolute atomic E-state index is 5.89. The molecule has 0 unspecified atom stereocenters. The predicted molar refractivity (Wildman–Crippen MR) is 54.3 cm³/mol. The molecule has 0 radical (unpaired) electrons. The Morgan fingerprint density at radius 3 is 1.92 bits per heavy atom. The topological polar surface area (TPSA) is 32.5 Å². The molecule has 0 aromatic carbocycles. The first-order valence-corrected chi connectivity index (χ1v) is 4.43. The summed E-state index contributed by atoms with van der Waals surface area (Å²) in [4.78, 5) is 4.44. The molecule has 0 fully saturated rings. The molecule has 3 nitrogen and oxygen atoms in total. The average Bonchev–Trinajstić information content (AvgIpc) is 1.79. The molecule has 12 heavy (non-hydrogen) atoms. The van der Waals surface area contributed by atoms with Gasteiger partial charge in [0.1, 0.15) is 0 Å². The van der Waals surface area contributed by atoms with Gasteiger partial charge in [0.25, 0.3) is 0 Å². The summed E-state index contributed by atoms with van der Waals surface area (Å²) < 4.78 is 0. The molecular formula is C9H23N3. The van der Waals surface area contributed by atoms with E-state index in [2.05, 4.69) is 44.8 Å². The Balaban J connectivity index is 3.53. The Kier molecular flexibility index (Phi) is 4.75. The predicted octanol–water partition coefficient (Wildman–Crippen LogP) is 0.217. The maximum atomic E-state index is 5.89. The molecule has 0 aromatic heterocycles. The summed E-state index contributed by atoms with van der Waals surface area (Å²) in [6.45, 7) is 7.22. The summed E-state index contributed by atoms with van der Waals surface area (Å²) in [5.74, 6) is 0. The van der Waals surface area contributed by atoms with Crippen LogP contribution in [-0.4, -0.2) is 56.1 Å². The van der Waals surface area contributed by atoms with E-state index in [9.17, 15) is 0 Å². The van der Waals surface area contributed by atoms with Gasteiger partial charge in [-0.2, -0.15) is 0 Å². The van der Waals surface area contributed by atoms with Crippen LogP contribution in [0, 0.1) is 0 Å². The third-order valence-corrected chi connectivity index (χ3v) is 1.61. The fourth-order valence-electron chi connectivity index (χ4n) is 1.15. The molecule has 0 heterocycles. The molecule has 0 amide bonds. The summed E-state index contributed by atoms with van der Waals surface area (Å²) in [6.07, 6.45) is 0. The summed E-state index contributed by atoms with van der Waals surface area (Å²) in [5.41, 5.74) is 5.81. The van der Waals surface area contributed by atoms with Crippen molar-refractivity contribution in [2.75, 3.05) is 40.8 Å². The highest BCUT2D eigenvalue weighted by Gasteiger charge is 2.13. The van der Waals surface area contributed by atoms with E-state index in [0.29, 0.717) is 0 Å². The fourth-order valence-corrected chi connectivity index (χ4v) is 1.15. The third kappa shape index (κ3) is 7.98. The zero-order valence-corrected chi connectivity index (χ0v) is 9.09. The Hall–Kier alpha value is -0.120. The molecule has 74 valence electrons. The van der Waals surface area contributed by atoms with E-state index in [1.807, 2.05) is 0 Å². The van der Waals surface area contributed by atoms with Crippen LogP contribution in [0.5, 0.6) is 0 Å². The monoisotopic (exact) mass is 173 g/mol. The van der Waals surface area contributed by atoms with E-state index in [1.54, 1.807) is 0 Å². The van der Waals surface area contributed by atoms with Crippen LogP contribution < -0.4 is 5.73 Å². The van der Waals surface area contributed by atoms with Crippen molar-refractivity contribution in [3.05, 3.63) is 0 Å². The van der Waals surface area contributed by atoms with Crippen molar-refractivity contribution < 1.29 is 0 Å². The van der Waals surface area contributed by atoms with Gasteiger partial charge >= 0.3 is 0 Å². The molecule has 0 rings (SSSR count). The lowest BCUT2D eigenvalue weighted by molar-refractivity contribution is 0.242. The maximum Gasteiger partial charge on any atom is 0.0225 e. The van der Waals surface area contributed by atoms with E-state index in [4.69, 9.17) is 5.73 Å². The molecule has 0 aliphatic heterocycles. The minimum atomic E-state index is -0.0823. The normalized spacial score (nSPS) is 13.0. The van der Waals surface area contributed by atoms with Crippen LogP contribution in [0.4, 0.5) is 0 Å². The first kappa shape index (κ1) is 11.9. The summed E-state index contributed by atoms with van der Waals surface area (Å²) >= 11 is 0. The van der Waals surface area contributed by atoms with Gasteiger partial charge in [-0.3, -0.25) is 0 Å². The highest BCUT2D eigenvalue weighted by molar-refractivity contribution is 4.75. The van der Waals surface area contributed by atoms with Crippen LogP contribution in [-0.2, 0) is 0 Å². The minimum Gasteiger partial charge on any atom is -0.324 e. The molecule has 0 atom stereocenters. The average molecular weight is 173 g/mol. The fraction of sp³-hybridized carbons (Fsp3) is 1.00. The molecule has 0 bridgehead atoms. The lowest BCUT2D eigenvalue weighted by Crippen LogP contribution is -2.45. The van der Waals surface area contributed by atoms with Crippen LogP contribution in [0.3, 0.4) is 0 Å². The largest absolute Gasteiger partial charge is 0.324 e. The van der Waals surface area contributed by atoms with Crippen LogP contribution in [0.2, 0.25) is 0 Å². The Morgan fingerprint density at radius 1 is 1.08 bits per heavy atom. The quantitative estimate of drug-likeness (QED) is 0.645. The highest BCUT2D eigenvalue weighted by Crippen LogP contribution is 1.98. The summed E-state index contributed by atoms with van der Waals surface area (Å²) in [5, 5.41) is 0. The Labute approximate surface area is 76.5 Å². The van der Waals surface area contributed by atoms with Gasteiger partial charge in [0.05, 0.1) is 0 Å². The zero-order chi connectivity index (χ0) is 9.78. The van der Waals surface area contributed by atoms with Crippen molar-refractivity contribution in [3.63, 3.8) is 0 Å². The number of rotatable bonds is 5. The molecule has 0 saturated heterocycles. The molecular weight excluding hydrogens is 150 g/mol. The van der Waals surface area contributed by atoms with Crippen molar-refractivity contribution in [2.24, 2.45) is 5.73 Å². The van der Waals surface area contributed by atoms with Crippen molar-refractivity contribution in [3.8, 4) is 0 Å². The number of hydrogen-bond acceptors (Lipinski definition) is 3. The second kappa shape index (κ2) is 4.80. The summed E-state index contributed by atoms with van der Waals surface area (Å²) in [6, 6.07) is 0. The number of likely N-dealkylation sites (N-methyl/N-ethyl adjacent to an activating group) is 2. The lowest BCUT2D eigenvalue weighted by atomic mass is 10.1. The minimum absolute atomic E-state index is 0.0823. The van der Waals surface area contributed by atoms with E-state index in [0.717, 1.165) is 19.6 Å². The zero-order valence-electron chi connectivity index (χ0n) is 9.09. The second-order valence-electron chi connectivity index (χ2n) is 4.53. The van der Waals surface area contributed by atoms with Crippen molar-refractivity contribution in [1.29, 1.82) is 0 Å². The molecule has 2 N–H and O–H groups in total. The smallest absolute Gasteiger partial charge is 0.0225 e. The first-order valence-electron chi connectivity index (χ1n) is 4.43. The third-order valence-electron chi connectivity index (χ3n) is 1.61. The van der Waals surface area contributed by atoms with Crippen LogP contribution in [0.25, 0.3) is 0 Å². The molecule has 0 spiro atoms. The van der Waals surface area contributed by atoms with Gasteiger partial charge in [-0.1, -0.05) is 0 Å². The standard InChI is InChI=1S/C9H23N3/c1-9(2,10)8-12(5)7-6-11(3)4/h6-8,10H2,1-5H3. The van der Waals surface area contributed by atoms with Crippen LogP contribution in [0.15, 0.2) is 0 Å². The van der Waals surface area contributed by atoms with Crippen LogP contribution >= 0.6 is 0 Å². The van der Waals surface area contributed by atoms with Gasteiger partial charge in [-0.25, -0.2) is 0 Å². The van der Waals surface area contributed by atoms with Gasteiger partial charge in [0.2, 0.25) is 0 Å². The van der Waals surface area contributed by atoms with E-state index < -0.39 is 0 Å². The van der Waals surface area contributed by atoms with E-state index >= 15 is 0 Å². The molecule has 0 aliphatic carbocycles. The molecule has 3 heteroatoms. The SMILES string of the molecule is CN(C)CCN(C)CC(C)(C)N. The number of nitrogens with two attached hydrogens (primary N) is 1. The van der Waals surface area contributed by atoms with Gasteiger partial charge in [-0.15, -0.1) is 0 Å². The Morgan fingerprint density at radius 2 is 1.58 bits per heavy atom. The lowest BCUT2D eigenvalue weighted by Gasteiger charge is -2.27. The van der Waals surface area contributed by atoms with Crippen LogP contribution in [0.1, 0.15) is 13.8 Å². The van der Waals surface area contributed by atoms with Crippen molar-refractivity contribution in [1.82, 2.24) is 9.80 Å². The number of hydrogen-bond donors (Lipinski definition) is 1. The number of nitrogens with zero attached hydrogens (tertiary/aromatic N) is 2. The summed E-state index contributed by atoms with van der Waals surface area (Å²) in [7, 11) is 6.28. The molecule has 0 aliphatic rings. The molecule has 0 saturated carbocycles.